The fourth-order valence-corrected chi connectivity index (χ4v) is 2.53. The molecule has 0 saturated carbocycles. The maximum absolute atomic E-state index is 13.7. The molecule has 134 valence electrons. The van der Waals surface area contributed by atoms with Gasteiger partial charge in [-0.3, -0.25) is 9.78 Å². The van der Waals surface area contributed by atoms with Crippen molar-refractivity contribution in [3.63, 3.8) is 0 Å². The molecule has 3 rings (SSSR count). The first-order valence-electron chi connectivity index (χ1n) is 8.31. The first kappa shape index (κ1) is 17.7. The van der Waals surface area contributed by atoms with Crippen LogP contribution in [0, 0.1) is 11.7 Å². The molecule has 1 amide bonds. The van der Waals surface area contributed by atoms with Crippen molar-refractivity contribution in [1.82, 2.24) is 20.4 Å². The molecule has 7 heteroatoms. The minimum Gasteiger partial charge on any atom is -0.344 e. The Kier molecular flexibility index (Phi) is 5.36. The molecule has 2 heterocycles. The molecule has 0 fully saturated rings. The van der Waals surface area contributed by atoms with E-state index < -0.39 is 11.9 Å². The van der Waals surface area contributed by atoms with E-state index >= 15 is 0 Å². The molecule has 0 spiro atoms. The number of rotatable bonds is 6. The summed E-state index contributed by atoms with van der Waals surface area (Å²) in [5.74, 6) is 0.0504. The number of hydrogen-bond acceptors (Lipinski definition) is 5. The molecule has 0 radical (unpaired) electrons. The van der Waals surface area contributed by atoms with Crippen molar-refractivity contribution in [3.8, 4) is 11.4 Å². The van der Waals surface area contributed by atoms with E-state index in [-0.39, 0.29) is 18.2 Å². The number of pyridine rings is 1. The van der Waals surface area contributed by atoms with Crippen molar-refractivity contribution in [3.05, 3.63) is 66.1 Å². The molecule has 2 aromatic heterocycles. The molecular weight excluding hydrogens is 335 g/mol. The van der Waals surface area contributed by atoms with Crippen molar-refractivity contribution in [1.29, 1.82) is 0 Å². The van der Waals surface area contributed by atoms with Gasteiger partial charge < -0.3 is 9.84 Å². The van der Waals surface area contributed by atoms with Gasteiger partial charge in [0.15, 0.2) is 0 Å². The highest BCUT2D eigenvalue weighted by Gasteiger charge is 2.25. The van der Waals surface area contributed by atoms with Crippen molar-refractivity contribution in [2.24, 2.45) is 5.92 Å². The van der Waals surface area contributed by atoms with Gasteiger partial charge in [0.05, 0.1) is 6.42 Å². The zero-order chi connectivity index (χ0) is 18.5. The van der Waals surface area contributed by atoms with Crippen LogP contribution in [-0.2, 0) is 11.2 Å². The first-order chi connectivity index (χ1) is 12.5. The highest BCUT2D eigenvalue weighted by atomic mass is 19.1. The van der Waals surface area contributed by atoms with Gasteiger partial charge in [0, 0.05) is 18.0 Å². The molecule has 1 atom stereocenters. The highest BCUT2D eigenvalue weighted by molar-refractivity contribution is 5.79. The molecule has 0 aliphatic carbocycles. The third kappa shape index (κ3) is 4.11. The van der Waals surface area contributed by atoms with Crippen LogP contribution in [0.2, 0.25) is 0 Å². The van der Waals surface area contributed by atoms with Crippen LogP contribution >= 0.6 is 0 Å². The second-order valence-electron chi connectivity index (χ2n) is 6.25. The first-order valence-corrected chi connectivity index (χ1v) is 8.31. The van der Waals surface area contributed by atoms with E-state index in [4.69, 9.17) is 4.52 Å². The van der Waals surface area contributed by atoms with Crippen molar-refractivity contribution < 1.29 is 13.7 Å². The standard InChI is InChI=1S/C19H19FN4O2/c1-12(2)17(22-16(25)11-14-5-3-4-6-15(14)20)19-23-18(24-26-19)13-7-9-21-10-8-13/h3-10,12,17H,11H2,1-2H3,(H,22,25). The van der Waals surface area contributed by atoms with Crippen LogP contribution in [0.15, 0.2) is 53.3 Å². The Morgan fingerprint density at radius 3 is 2.62 bits per heavy atom. The average molecular weight is 354 g/mol. The van der Waals surface area contributed by atoms with Crippen LogP contribution in [0.25, 0.3) is 11.4 Å². The number of carbonyl (C=O) groups is 1. The normalized spacial score (nSPS) is 12.2. The zero-order valence-electron chi connectivity index (χ0n) is 14.5. The van der Waals surface area contributed by atoms with Crippen LogP contribution in [0.3, 0.4) is 0 Å². The Bertz CT molecular complexity index is 880. The van der Waals surface area contributed by atoms with Gasteiger partial charge in [-0.05, 0) is 29.7 Å². The number of hydrogen-bond donors (Lipinski definition) is 1. The minimum atomic E-state index is -0.461. The fraction of sp³-hybridized carbons (Fsp3) is 0.263. The van der Waals surface area contributed by atoms with Gasteiger partial charge in [0.2, 0.25) is 17.6 Å². The van der Waals surface area contributed by atoms with Gasteiger partial charge in [-0.15, -0.1) is 0 Å². The Morgan fingerprint density at radius 1 is 1.19 bits per heavy atom. The third-order valence-corrected chi connectivity index (χ3v) is 3.94. The molecule has 26 heavy (non-hydrogen) atoms. The number of amides is 1. The molecule has 0 bridgehead atoms. The number of halogens is 1. The van der Waals surface area contributed by atoms with Crippen LogP contribution in [0.1, 0.15) is 31.3 Å². The van der Waals surface area contributed by atoms with Gasteiger partial charge in [-0.1, -0.05) is 37.2 Å². The molecule has 3 aromatic rings. The van der Waals surface area contributed by atoms with Crippen molar-refractivity contribution in [2.45, 2.75) is 26.3 Å². The zero-order valence-corrected chi connectivity index (χ0v) is 14.5. The number of nitrogens with zero attached hydrogens (tertiary/aromatic N) is 3. The van der Waals surface area contributed by atoms with E-state index in [0.29, 0.717) is 17.3 Å². The van der Waals surface area contributed by atoms with E-state index in [1.165, 1.54) is 6.07 Å². The number of carbonyl (C=O) groups excluding carboxylic acids is 1. The Balaban J connectivity index is 1.74. The highest BCUT2D eigenvalue weighted by Crippen LogP contribution is 2.23. The summed E-state index contributed by atoms with van der Waals surface area (Å²) >= 11 is 0. The van der Waals surface area contributed by atoms with E-state index in [1.54, 1.807) is 42.7 Å². The number of aromatic nitrogens is 3. The molecule has 0 aliphatic heterocycles. The topological polar surface area (TPSA) is 80.9 Å². The lowest BCUT2D eigenvalue weighted by atomic mass is 10.0. The van der Waals surface area contributed by atoms with E-state index in [1.807, 2.05) is 13.8 Å². The summed E-state index contributed by atoms with van der Waals surface area (Å²) in [7, 11) is 0. The lowest BCUT2D eigenvalue weighted by Gasteiger charge is -2.18. The molecule has 0 aliphatic rings. The molecule has 1 unspecified atom stereocenters. The molecule has 1 aromatic carbocycles. The van der Waals surface area contributed by atoms with Crippen LogP contribution in [0.4, 0.5) is 4.39 Å². The maximum Gasteiger partial charge on any atom is 0.249 e. The Labute approximate surface area is 150 Å². The summed E-state index contributed by atoms with van der Waals surface area (Å²) in [6.45, 7) is 3.87. The SMILES string of the molecule is CC(C)C(NC(=O)Cc1ccccc1F)c1nc(-c2ccncc2)no1. The van der Waals surface area contributed by atoms with Crippen LogP contribution in [0.5, 0.6) is 0 Å². The summed E-state index contributed by atoms with van der Waals surface area (Å²) in [5.41, 5.74) is 1.12. The monoisotopic (exact) mass is 354 g/mol. The molecule has 0 saturated heterocycles. The second kappa shape index (κ2) is 7.86. The predicted molar refractivity (Wildman–Crippen MR) is 93.4 cm³/mol. The fourth-order valence-electron chi connectivity index (χ4n) is 2.53. The quantitative estimate of drug-likeness (QED) is 0.734. The van der Waals surface area contributed by atoms with Gasteiger partial charge in [0.1, 0.15) is 11.9 Å². The van der Waals surface area contributed by atoms with Crippen molar-refractivity contribution in [2.75, 3.05) is 0 Å². The summed E-state index contributed by atoms with van der Waals surface area (Å²) in [5, 5.41) is 6.83. The van der Waals surface area contributed by atoms with E-state index in [9.17, 15) is 9.18 Å². The lowest BCUT2D eigenvalue weighted by molar-refractivity contribution is -0.121. The number of benzene rings is 1. The second-order valence-corrected chi connectivity index (χ2v) is 6.25. The Hall–Kier alpha value is -3.09. The average Bonchev–Trinajstić information content (AvgIpc) is 3.12. The lowest BCUT2D eigenvalue weighted by Crippen LogP contribution is -2.33. The summed E-state index contributed by atoms with van der Waals surface area (Å²) in [4.78, 5) is 20.7. The van der Waals surface area contributed by atoms with Gasteiger partial charge in [-0.2, -0.15) is 4.98 Å². The van der Waals surface area contributed by atoms with E-state index in [0.717, 1.165) is 5.56 Å². The minimum absolute atomic E-state index is 0.0188. The largest absolute Gasteiger partial charge is 0.344 e. The van der Waals surface area contributed by atoms with Crippen LogP contribution < -0.4 is 5.32 Å². The van der Waals surface area contributed by atoms with Gasteiger partial charge in [-0.25, -0.2) is 4.39 Å². The Morgan fingerprint density at radius 2 is 1.92 bits per heavy atom. The maximum atomic E-state index is 13.7. The van der Waals surface area contributed by atoms with Gasteiger partial charge in [0.25, 0.3) is 0 Å². The predicted octanol–water partition coefficient (Wildman–Crippen LogP) is 3.33. The van der Waals surface area contributed by atoms with Crippen LogP contribution in [-0.4, -0.2) is 21.0 Å². The smallest absolute Gasteiger partial charge is 0.249 e. The number of nitrogens with one attached hydrogen (secondary N) is 1. The van der Waals surface area contributed by atoms with Crippen molar-refractivity contribution >= 4 is 5.91 Å². The molecule has 6 nitrogen and oxygen atoms in total. The molecule has 1 N–H and O–H groups in total. The summed E-state index contributed by atoms with van der Waals surface area (Å²) in [6, 6.07) is 9.30. The summed E-state index contributed by atoms with van der Waals surface area (Å²) < 4.78 is 19.1. The molecular formula is C19H19FN4O2. The van der Waals surface area contributed by atoms with E-state index in [2.05, 4.69) is 20.4 Å². The third-order valence-electron chi connectivity index (χ3n) is 3.94. The van der Waals surface area contributed by atoms with Gasteiger partial charge >= 0.3 is 0 Å². The summed E-state index contributed by atoms with van der Waals surface area (Å²) in [6.07, 6.45) is 3.23.